The smallest absolute Gasteiger partial charge is 0.323 e. The summed E-state index contributed by atoms with van der Waals surface area (Å²) in [6.45, 7) is 1.49. The first-order chi connectivity index (χ1) is 14.6. The molecule has 0 atom stereocenters. The molecule has 3 N–H and O–H groups in total. The van der Waals surface area contributed by atoms with Crippen molar-refractivity contribution in [1.29, 1.82) is 0 Å². The molecule has 5 rings (SSSR count). The Bertz CT molecular complexity index is 1060. The number of hydrogen-bond acceptors (Lipinski definition) is 6. The minimum atomic E-state index is -0.398. The zero-order chi connectivity index (χ0) is 20.7. The van der Waals surface area contributed by atoms with Gasteiger partial charge in [0.2, 0.25) is 5.91 Å². The third kappa shape index (κ3) is 3.72. The van der Waals surface area contributed by atoms with Gasteiger partial charge in [-0.15, -0.1) is 0 Å². The SMILES string of the molecule is O=C1C/C(=C\c2cnn3c(NC4CC4)cc(NC(=O)N4CCCCC4)nc23)C(=O)N1. The highest BCUT2D eigenvalue weighted by atomic mass is 16.2. The first-order valence-corrected chi connectivity index (χ1v) is 10.3. The standard InChI is InChI=1S/C20H23N7O3/c28-17-9-12(19(29)25-17)8-13-11-21-27-16(22-14-4-5-14)10-15(23-18(13)27)24-20(30)26-6-2-1-3-7-26/h8,10-11,14,22H,1-7,9H2,(H,23,24,30)(H,25,28,29)/b12-8+. The molecule has 3 aliphatic rings. The van der Waals surface area contributed by atoms with E-state index in [-0.39, 0.29) is 18.4 Å². The van der Waals surface area contributed by atoms with Crippen LogP contribution in [0.4, 0.5) is 16.4 Å². The summed E-state index contributed by atoms with van der Waals surface area (Å²) in [5.41, 5.74) is 1.49. The summed E-state index contributed by atoms with van der Waals surface area (Å²) in [5.74, 6) is 0.438. The van der Waals surface area contributed by atoms with Crippen LogP contribution >= 0.6 is 0 Å². The van der Waals surface area contributed by atoms with Gasteiger partial charge < -0.3 is 10.2 Å². The van der Waals surface area contributed by atoms with E-state index in [1.165, 1.54) is 0 Å². The van der Waals surface area contributed by atoms with E-state index in [0.29, 0.717) is 28.6 Å². The Balaban J connectivity index is 1.49. The van der Waals surface area contributed by atoms with Crippen molar-refractivity contribution in [2.45, 2.75) is 44.6 Å². The highest BCUT2D eigenvalue weighted by Gasteiger charge is 2.26. The van der Waals surface area contributed by atoms with E-state index in [1.54, 1.807) is 27.8 Å². The van der Waals surface area contributed by atoms with E-state index in [2.05, 4.69) is 26.0 Å². The molecule has 10 heteroatoms. The van der Waals surface area contributed by atoms with E-state index < -0.39 is 5.91 Å². The predicted octanol–water partition coefficient (Wildman–Crippen LogP) is 1.75. The molecule has 10 nitrogen and oxygen atoms in total. The maximum Gasteiger partial charge on any atom is 0.323 e. The lowest BCUT2D eigenvalue weighted by molar-refractivity contribution is -0.124. The molecule has 0 aromatic carbocycles. The second kappa shape index (κ2) is 7.43. The molecule has 0 radical (unpaired) electrons. The van der Waals surface area contributed by atoms with Gasteiger partial charge in [-0.05, 0) is 38.2 Å². The van der Waals surface area contributed by atoms with Gasteiger partial charge in [0, 0.05) is 36.3 Å². The van der Waals surface area contributed by atoms with Crippen molar-refractivity contribution in [3.05, 3.63) is 23.4 Å². The molecule has 2 aliphatic heterocycles. The zero-order valence-corrected chi connectivity index (χ0v) is 16.5. The van der Waals surface area contributed by atoms with Crippen LogP contribution in [0.25, 0.3) is 11.7 Å². The summed E-state index contributed by atoms with van der Waals surface area (Å²) < 4.78 is 1.66. The Morgan fingerprint density at radius 1 is 1.20 bits per heavy atom. The second-order valence-corrected chi connectivity index (χ2v) is 7.98. The lowest BCUT2D eigenvalue weighted by atomic mass is 10.1. The van der Waals surface area contributed by atoms with E-state index >= 15 is 0 Å². The minimum Gasteiger partial charge on any atom is -0.367 e. The van der Waals surface area contributed by atoms with Crippen LogP contribution in [0.5, 0.6) is 0 Å². The highest BCUT2D eigenvalue weighted by molar-refractivity contribution is 6.15. The Hall–Kier alpha value is -3.43. The van der Waals surface area contributed by atoms with Gasteiger partial charge in [-0.1, -0.05) is 0 Å². The number of nitrogens with one attached hydrogen (secondary N) is 3. The first-order valence-electron chi connectivity index (χ1n) is 10.3. The summed E-state index contributed by atoms with van der Waals surface area (Å²) in [6, 6.07) is 2.00. The van der Waals surface area contributed by atoms with Crippen LogP contribution in [-0.2, 0) is 9.59 Å². The number of anilines is 2. The summed E-state index contributed by atoms with van der Waals surface area (Å²) in [7, 11) is 0. The molecule has 0 unspecified atom stereocenters. The Kier molecular flexibility index (Phi) is 4.61. The third-order valence-electron chi connectivity index (χ3n) is 5.53. The number of likely N-dealkylation sites (tertiary alicyclic amines) is 1. The lowest BCUT2D eigenvalue weighted by Gasteiger charge is -2.26. The number of piperidine rings is 1. The summed E-state index contributed by atoms with van der Waals surface area (Å²) >= 11 is 0. The van der Waals surface area contributed by atoms with Crippen LogP contribution in [0.1, 0.15) is 44.1 Å². The van der Waals surface area contributed by atoms with E-state index in [0.717, 1.165) is 51.0 Å². The third-order valence-corrected chi connectivity index (χ3v) is 5.53. The van der Waals surface area contributed by atoms with Gasteiger partial charge in [0.25, 0.3) is 5.91 Å². The number of hydrogen-bond donors (Lipinski definition) is 3. The molecule has 30 heavy (non-hydrogen) atoms. The normalized spacial score (nSPS) is 20.7. The van der Waals surface area contributed by atoms with Gasteiger partial charge in [-0.2, -0.15) is 9.61 Å². The van der Waals surface area contributed by atoms with Crippen LogP contribution in [-0.4, -0.2) is 56.5 Å². The average Bonchev–Trinajstić information content (AvgIpc) is 3.37. The van der Waals surface area contributed by atoms with Gasteiger partial charge in [-0.3, -0.25) is 20.2 Å². The van der Waals surface area contributed by atoms with Crippen molar-refractivity contribution in [3.63, 3.8) is 0 Å². The molecule has 2 saturated heterocycles. The molecule has 156 valence electrons. The maximum atomic E-state index is 12.7. The van der Waals surface area contributed by atoms with E-state index in [4.69, 9.17) is 0 Å². The first kappa shape index (κ1) is 18.6. The van der Waals surface area contributed by atoms with E-state index in [9.17, 15) is 14.4 Å². The van der Waals surface area contributed by atoms with E-state index in [1.807, 2.05) is 0 Å². The second-order valence-electron chi connectivity index (χ2n) is 7.98. The van der Waals surface area contributed by atoms with Gasteiger partial charge >= 0.3 is 6.03 Å². The number of aromatic nitrogens is 3. The van der Waals surface area contributed by atoms with Crippen LogP contribution in [0.2, 0.25) is 0 Å². The Morgan fingerprint density at radius 3 is 2.70 bits per heavy atom. The van der Waals surface area contributed by atoms with Crippen molar-refractivity contribution in [1.82, 2.24) is 24.8 Å². The molecule has 4 amide bonds. The van der Waals surface area contributed by atoms with Crippen molar-refractivity contribution in [2.75, 3.05) is 23.7 Å². The number of carbonyl (C=O) groups excluding carboxylic acids is 3. The molecule has 0 spiro atoms. The fraction of sp³-hybridized carbons (Fsp3) is 0.450. The largest absolute Gasteiger partial charge is 0.367 e. The fourth-order valence-electron chi connectivity index (χ4n) is 3.78. The number of nitrogens with zero attached hydrogens (tertiary/aromatic N) is 4. The van der Waals surface area contributed by atoms with Gasteiger partial charge in [0.05, 0.1) is 12.6 Å². The lowest BCUT2D eigenvalue weighted by Crippen LogP contribution is -2.38. The quantitative estimate of drug-likeness (QED) is 0.523. The van der Waals surface area contributed by atoms with Gasteiger partial charge in [-0.25, -0.2) is 9.78 Å². The fourth-order valence-corrected chi connectivity index (χ4v) is 3.78. The van der Waals surface area contributed by atoms with Crippen molar-refractivity contribution in [2.24, 2.45) is 0 Å². The number of urea groups is 1. The number of amides is 4. The Morgan fingerprint density at radius 2 is 2.00 bits per heavy atom. The predicted molar refractivity (Wildman–Crippen MR) is 110 cm³/mol. The van der Waals surface area contributed by atoms with Gasteiger partial charge in [0.1, 0.15) is 11.6 Å². The molecule has 2 aromatic rings. The number of carbonyl (C=O) groups is 3. The summed E-state index contributed by atoms with van der Waals surface area (Å²) in [5, 5.41) is 13.0. The average molecular weight is 409 g/mol. The van der Waals surface area contributed by atoms with Crippen LogP contribution in [0, 0.1) is 0 Å². The van der Waals surface area contributed by atoms with Crippen LogP contribution < -0.4 is 16.0 Å². The molecular formula is C20H23N7O3. The van der Waals surface area contributed by atoms with Gasteiger partial charge in [0.15, 0.2) is 5.65 Å². The van der Waals surface area contributed by atoms with Crippen molar-refractivity contribution < 1.29 is 14.4 Å². The summed E-state index contributed by atoms with van der Waals surface area (Å²) in [4.78, 5) is 42.5. The minimum absolute atomic E-state index is 0.0364. The van der Waals surface area contributed by atoms with Crippen LogP contribution in [0.15, 0.2) is 17.8 Å². The highest BCUT2D eigenvalue weighted by Crippen LogP contribution is 2.28. The Labute approximate surface area is 172 Å². The number of imide groups is 1. The number of rotatable bonds is 4. The zero-order valence-electron chi connectivity index (χ0n) is 16.5. The monoisotopic (exact) mass is 409 g/mol. The van der Waals surface area contributed by atoms with Crippen molar-refractivity contribution >= 4 is 41.2 Å². The number of fused-ring (bicyclic) bond motifs is 1. The molecular weight excluding hydrogens is 386 g/mol. The molecule has 1 aliphatic carbocycles. The van der Waals surface area contributed by atoms with Crippen molar-refractivity contribution in [3.8, 4) is 0 Å². The topological polar surface area (TPSA) is 121 Å². The van der Waals surface area contributed by atoms with Crippen LogP contribution in [0.3, 0.4) is 0 Å². The molecule has 0 bridgehead atoms. The molecule has 1 saturated carbocycles. The molecule has 3 fully saturated rings. The summed E-state index contributed by atoms with van der Waals surface area (Å²) in [6.07, 6.45) is 8.61. The molecule has 2 aromatic heterocycles. The maximum absolute atomic E-state index is 12.7. The molecule has 4 heterocycles.